The van der Waals surface area contributed by atoms with Crippen LogP contribution in [0.25, 0.3) is 0 Å². The Morgan fingerprint density at radius 1 is 1.53 bits per heavy atom. The molecule has 2 amide bonds. The van der Waals surface area contributed by atoms with Gasteiger partial charge in [-0.1, -0.05) is 20.8 Å². The maximum Gasteiger partial charge on any atom is 0.246 e. The molecule has 0 unspecified atom stereocenters. The van der Waals surface area contributed by atoms with Crippen molar-refractivity contribution in [1.82, 2.24) is 10.2 Å². The molecule has 2 heterocycles. The number of nitrogens with one attached hydrogen (secondary N) is 1. The number of hydrogen-bond donors (Lipinski definition) is 1. The van der Waals surface area contributed by atoms with E-state index < -0.39 is 0 Å². The third-order valence-electron chi connectivity index (χ3n) is 3.31. The van der Waals surface area contributed by atoms with Gasteiger partial charge in [0.15, 0.2) is 0 Å². The Labute approximate surface area is 118 Å². The van der Waals surface area contributed by atoms with Gasteiger partial charge in [0.2, 0.25) is 11.8 Å². The smallest absolute Gasteiger partial charge is 0.246 e. The number of nitrogens with zero attached hydrogens (tertiary/aromatic N) is 1. The lowest BCUT2D eigenvalue weighted by molar-refractivity contribution is -0.145. The van der Waals surface area contributed by atoms with E-state index in [0.29, 0.717) is 12.3 Å². The Bertz CT molecular complexity index is 367. The van der Waals surface area contributed by atoms with E-state index in [1.807, 2.05) is 4.90 Å². The summed E-state index contributed by atoms with van der Waals surface area (Å²) in [6.45, 7) is 7.75. The number of carbonyl (C=O) groups excluding carboxylic acids is 2. The predicted octanol–water partition coefficient (Wildman–Crippen LogP) is 0.634. The average Bonchev–Trinajstić information content (AvgIpc) is 2.34. The van der Waals surface area contributed by atoms with Crippen LogP contribution in [0.4, 0.5) is 0 Å². The molecule has 0 aromatic heterocycles. The van der Waals surface area contributed by atoms with Crippen LogP contribution in [-0.2, 0) is 14.3 Å². The fraction of sp³-hybridized carbons (Fsp3) is 0.846. The minimum Gasteiger partial charge on any atom is -0.366 e. The van der Waals surface area contributed by atoms with Crippen molar-refractivity contribution in [2.24, 2.45) is 0 Å². The number of rotatable bonds is 2. The number of thioether (sulfide) groups is 1. The second-order valence-electron chi connectivity index (χ2n) is 6.05. The first-order valence-corrected chi connectivity index (χ1v) is 7.66. The minimum atomic E-state index is -0.0837. The van der Waals surface area contributed by atoms with Crippen LogP contribution < -0.4 is 5.32 Å². The van der Waals surface area contributed by atoms with E-state index in [2.05, 4.69) is 26.1 Å². The first-order valence-electron chi connectivity index (χ1n) is 6.68. The van der Waals surface area contributed by atoms with Gasteiger partial charge in [-0.3, -0.25) is 9.59 Å². The van der Waals surface area contributed by atoms with Crippen molar-refractivity contribution in [3.63, 3.8) is 0 Å². The topological polar surface area (TPSA) is 58.6 Å². The number of ether oxygens (including phenoxy) is 1. The SMILES string of the molecule is CC(C)(C)SCC(=O)N1CC[C@H]2OCC(=O)N[C@@H]2C1. The summed E-state index contributed by atoms with van der Waals surface area (Å²) in [7, 11) is 0. The summed E-state index contributed by atoms with van der Waals surface area (Å²) in [5.41, 5.74) is 0. The second kappa shape index (κ2) is 5.71. The van der Waals surface area contributed by atoms with Crippen LogP contribution in [0.15, 0.2) is 0 Å². The minimum absolute atomic E-state index is 0.0430. The van der Waals surface area contributed by atoms with Gasteiger partial charge in [0.1, 0.15) is 6.61 Å². The first kappa shape index (κ1) is 14.7. The summed E-state index contributed by atoms with van der Waals surface area (Å²) in [6, 6.07) is -0.0430. The Kier molecular flexibility index (Phi) is 4.40. The standard InChI is InChI=1S/C13H22N2O3S/c1-13(2,3)19-8-12(17)15-5-4-10-9(6-15)14-11(16)7-18-10/h9-10H,4-8H2,1-3H3,(H,14,16)/t9-,10-/m1/s1. The number of morpholine rings is 1. The highest BCUT2D eigenvalue weighted by Crippen LogP contribution is 2.24. The molecular formula is C13H22N2O3S. The Morgan fingerprint density at radius 2 is 2.26 bits per heavy atom. The van der Waals surface area contributed by atoms with E-state index in [1.54, 1.807) is 11.8 Å². The molecule has 2 aliphatic rings. The molecular weight excluding hydrogens is 264 g/mol. The van der Waals surface area contributed by atoms with E-state index in [0.717, 1.165) is 13.0 Å². The van der Waals surface area contributed by atoms with Gasteiger partial charge < -0.3 is 15.0 Å². The van der Waals surface area contributed by atoms with E-state index in [4.69, 9.17) is 4.74 Å². The molecule has 0 saturated carbocycles. The monoisotopic (exact) mass is 286 g/mol. The average molecular weight is 286 g/mol. The molecule has 0 aromatic carbocycles. The van der Waals surface area contributed by atoms with Gasteiger partial charge in [0.25, 0.3) is 0 Å². The zero-order valence-electron chi connectivity index (χ0n) is 11.8. The molecule has 0 aliphatic carbocycles. The van der Waals surface area contributed by atoms with Crippen molar-refractivity contribution in [3.8, 4) is 0 Å². The van der Waals surface area contributed by atoms with E-state index in [9.17, 15) is 9.59 Å². The number of carbonyl (C=O) groups is 2. The summed E-state index contributed by atoms with van der Waals surface area (Å²) in [5, 5.41) is 2.91. The van der Waals surface area contributed by atoms with Crippen LogP contribution in [0.2, 0.25) is 0 Å². The maximum absolute atomic E-state index is 12.2. The molecule has 19 heavy (non-hydrogen) atoms. The molecule has 2 atom stereocenters. The molecule has 6 heteroatoms. The molecule has 108 valence electrons. The summed E-state index contributed by atoms with van der Waals surface area (Å²) in [6.07, 6.45) is 0.869. The third kappa shape index (κ3) is 4.11. The quantitative estimate of drug-likeness (QED) is 0.809. The lowest BCUT2D eigenvalue weighted by Gasteiger charge is -2.41. The Morgan fingerprint density at radius 3 is 2.95 bits per heavy atom. The fourth-order valence-corrected chi connectivity index (χ4v) is 3.03. The molecule has 2 fully saturated rings. The highest BCUT2D eigenvalue weighted by molar-refractivity contribution is 8.01. The van der Waals surface area contributed by atoms with E-state index in [1.165, 1.54) is 0 Å². The van der Waals surface area contributed by atoms with E-state index in [-0.39, 0.29) is 35.3 Å². The van der Waals surface area contributed by atoms with Gasteiger partial charge in [-0.2, -0.15) is 0 Å². The largest absolute Gasteiger partial charge is 0.366 e. The Hall–Kier alpha value is -0.750. The molecule has 0 bridgehead atoms. The molecule has 0 spiro atoms. The first-order chi connectivity index (χ1) is 8.85. The van der Waals surface area contributed by atoms with Crippen LogP contribution in [0.3, 0.4) is 0 Å². The summed E-state index contributed by atoms with van der Waals surface area (Å²) in [4.78, 5) is 25.3. The zero-order valence-corrected chi connectivity index (χ0v) is 12.6. The molecule has 5 nitrogen and oxygen atoms in total. The molecule has 0 radical (unpaired) electrons. The number of amides is 2. The van der Waals surface area contributed by atoms with Gasteiger partial charge in [0, 0.05) is 17.8 Å². The van der Waals surface area contributed by atoms with Gasteiger partial charge in [0.05, 0.1) is 17.9 Å². The van der Waals surface area contributed by atoms with Crippen LogP contribution in [0, 0.1) is 0 Å². The van der Waals surface area contributed by atoms with Crippen molar-refractivity contribution in [1.29, 1.82) is 0 Å². The highest BCUT2D eigenvalue weighted by Gasteiger charge is 2.36. The highest BCUT2D eigenvalue weighted by atomic mass is 32.2. The predicted molar refractivity (Wildman–Crippen MR) is 75.1 cm³/mol. The number of piperidine rings is 1. The molecule has 1 N–H and O–H groups in total. The fourth-order valence-electron chi connectivity index (χ4n) is 2.30. The Balaban J connectivity index is 1.85. The van der Waals surface area contributed by atoms with Crippen LogP contribution >= 0.6 is 11.8 Å². The normalized spacial score (nSPS) is 27.7. The van der Waals surface area contributed by atoms with Gasteiger partial charge in [-0.05, 0) is 6.42 Å². The van der Waals surface area contributed by atoms with Crippen LogP contribution in [-0.4, -0.2) is 59.1 Å². The van der Waals surface area contributed by atoms with Gasteiger partial charge in [-0.25, -0.2) is 0 Å². The van der Waals surface area contributed by atoms with Gasteiger partial charge in [-0.15, -0.1) is 11.8 Å². The maximum atomic E-state index is 12.2. The van der Waals surface area contributed by atoms with E-state index >= 15 is 0 Å². The second-order valence-corrected chi connectivity index (χ2v) is 7.86. The van der Waals surface area contributed by atoms with Crippen molar-refractivity contribution in [3.05, 3.63) is 0 Å². The van der Waals surface area contributed by atoms with Crippen LogP contribution in [0.1, 0.15) is 27.2 Å². The summed E-state index contributed by atoms with van der Waals surface area (Å²) < 4.78 is 5.57. The summed E-state index contributed by atoms with van der Waals surface area (Å²) >= 11 is 1.66. The molecule has 0 aromatic rings. The summed E-state index contributed by atoms with van der Waals surface area (Å²) in [5.74, 6) is 0.563. The van der Waals surface area contributed by atoms with Crippen molar-refractivity contribution in [2.75, 3.05) is 25.4 Å². The number of likely N-dealkylation sites (tertiary alicyclic amines) is 1. The van der Waals surface area contributed by atoms with Crippen molar-refractivity contribution >= 4 is 23.6 Å². The molecule has 2 saturated heterocycles. The van der Waals surface area contributed by atoms with Crippen molar-refractivity contribution in [2.45, 2.75) is 44.1 Å². The van der Waals surface area contributed by atoms with Gasteiger partial charge >= 0.3 is 0 Å². The zero-order chi connectivity index (χ0) is 14.0. The third-order valence-corrected chi connectivity index (χ3v) is 4.56. The lowest BCUT2D eigenvalue weighted by atomic mass is 10.0. The lowest BCUT2D eigenvalue weighted by Crippen LogP contribution is -2.61. The van der Waals surface area contributed by atoms with Crippen LogP contribution in [0.5, 0.6) is 0 Å². The van der Waals surface area contributed by atoms with Crippen molar-refractivity contribution < 1.29 is 14.3 Å². The molecule has 2 aliphatic heterocycles. The number of fused-ring (bicyclic) bond motifs is 1. The molecule has 2 rings (SSSR count). The number of hydrogen-bond acceptors (Lipinski definition) is 4.